The maximum Gasteiger partial charge on any atom is 0.280 e. The van der Waals surface area contributed by atoms with Crippen molar-refractivity contribution in [2.45, 2.75) is 39.8 Å². The second-order valence-electron chi connectivity index (χ2n) is 7.45. The molecule has 0 bridgehead atoms. The lowest BCUT2D eigenvalue weighted by Gasteiger charge is -2.10. The molecule has 0 radical (unpaired) electrons. The summed E-state index contributed by atoms with van der Waals surface area (Å²) in [6, 6.07) is 1.27. The Morgan fingerprint density at radius 1 is 1.26 bits per heavy atom. The van der Waals surface area contributed by atoms with Gasteiger partial charge >= 0.3 is 0 Å². The Labute approximate surface area is 205 Å². The fourth-order valence-corrected chi connectivity index (χ4v) is 4.90. The maximum atomic E-state index is 13.7. The summed E-state index contributed by atoms with van der Waals surface area (Å²) in [5.74, 6) is -1.18. The Hall–Kier alpha value is -3.19. The van der Waals surface area contributed by atoms with Crippen LogP contribution in [0.3, 0.4) is 0 Å². The second-order valence-corrected chi connectivity index (χ2v) is 9.36. The molecule has 34 heavy (non-hydrogen) atoms. The van der Waals surface area contributed by atoms with Crippen LogP contribution in [0.5, 0.6) is 0 Å². The van der Waals surface area contributed by atoms with Crippen molar-refractivity contribution < 1.29 is 18.4 Å². The van der Waals surface area contributed by atoms with Crippen molar-refractivity contribution in [3.8, 4) is 11.1 Å². The molecule has 9 nitrogen and oxygen atoms in total. The van der Waals surface area contributed by atoms with Crippen molar-refractivity contribution in [1.29, 1.82) is 0 Å². The van der Waals surface area contributed by atoms with Crippen LogP contribution in [0.4, 0.5) is 14.5 Å². The van der Waals surface area contributed by atoms with Crippen LogP contribution in [0.15, 0.2) is 29.1 Å². The van der Waals surface area contributed by atoms with Crippen molar-refractivity contribution in [1.82, 2.24) is 24.5 Å². The number of fused-ring (bicyclic) bond motifs is 1. The van der Waals surface area contributed by atoms with Crippen molar-refractivity contribution in [3.63, 3.8) is 0 Å². The van der Waals surface area contributed by atoms with Gasteiger partial charge in [-0.3, -0.25) is 19.0 Å². The van der Waals surface area contributed by atoms with Crippen LogP contribution in [0, 0.1) is 6.92 Å². The smallest absolute Gasteiger partial charge is 0.280 e. The van der Waals surface area contributed by atoms with E-state index in [0.29, 0.717) is 35.3 Å². The van der Waals surface area contributed by atoms with E-state index >= 15 is 0 Å². The van der Waals surface area contributed by atoms with Gasteiger partial charge in [0.2, 0.25) is 5.91 Å². The first-order valence-corrected chi connectivity index (χ1v) is 11.9. The van der Waals surface area contributed by atoms with Crippen LogP contribution < -0.4 is 11.1 Å². The van der Waals surface area contributed by atoms with Gasteiger partial charge in [0, 0.05) is 42.9 Å². The minimum atomic E-state index is -2.82. The zero-order chi connectivity index (χ0) is 24.6. The van der Waals surface area contributed by atoms with Gasteiger partial charge in [0.25, 0.3) is 12.3 Å². The number of anilines is 1. The minimum absolute atomic E-state index is 0.0332. The molecule has 4 aromatic rings. The van der Waals surface area contributed by atoms with E-state index in [1.807, 2.05) is 6.92 Å². The summed E-state index contributed by atoms with van der Waals surface area (Å²) in [4.78, 5) is 29.2. The van der Waals surface area contributed by atoms with Gasteiger partial charge in [0.1, 0.15) is 15.4 Å². The Kier molecular flexibility index (Phi) is 6.75. The summed E-state index contributed by atoms with van der Waals surface area (Å²) < 4.78 is 31.4. The number of nitrogens with two attached hydrogens (primary N) is 1. The molecule has 178 valence electrons. The molecule has 0 unspecified atom stereocenters. The average Bonchev–Trinajstić information content (AvgIpc) is 3.48. The van der Waals surface area contributed by atoms with Gasteiger partial charge < -0.3 is 11.1 Å². The van der Waals surface area contributed by atoms with E-state index < -0.39 is 23.9 Å². The standard InChI is InChI=1S/C21H20BrF2N7O2S/c1-3-30-9-13(10(2)29-30)12-6-14(19(23)24)27-21-16(12)17(18(34-21)20(25)33)28-15(32)4-5-31-8-11(22)7-26-31/h6-9,19H,3-5H2,1-2H3,(H2,25,33)(H,28,32). The number of nitrogens with zero attached hydrogens (tertiary/aromatic N) is 5. The van der Waals surface area contributed by atoms with E-state index in [1.54, 1.807) is 34.9 Å². The molecule has 3 N–H and O–H groups in total. The summed E-state index contributed by atoms with van der Waals surface area (Å²) in [7, 11) is 0. The first-order chi connectivity index (χ1) is 16.2. The molecular formula is C21H20BrF2N7O2S. The average molecular weight is 552 g/mol. The summed E-state index contributed by atoms with van der Waals surface area (Å²) in [5, 5.41) is 11.6. The van der Waals surface area contributed by atoms with Crippen molar-refractivity contribution in [2.24, 2.45) is 5.73 Å². The van der Waals surface area contributed by atoms with Gasteiger partial charge in [-0.2, -0.15) is 10.2 Å². The van der Waals surface area contributed by atoms with Gasteiger partial charge in [-0.25, -0.2) is 13.8 Å². The molecule has 4 heterocycles. The molecule has 0 spiro atoms. The van der Waals surface area contributed by atoms with E-state index in [9.17, 15) is 18.4 Å². The molecule has 13 heteroatoms. The highest BCUT2D eigenvalue weighted by Gasteiger charge is 2.26. The summed E-state index contributed by atoms with van der Waals surface area (Å²) in [6.07, 6.45) is 2.31. The number of primary amides is 1. The molecule has 4 rings (SSSR count). The third-order valence-corrected chi connectivity index (χ3v) is 6.63. The fraction of sp³-hybridized carbons (Fsp3) is 0.286. The molecule has 0 atom stereocenters. The number of hydrogen-bond acceptors (Lipinski definition) is 6. The lowest BCUT2D eigenvalue weighted by Crippen LogP contribution is -2.18. The van der Waals surface area contributed by atoms with Crippen molar-refractivity contribution >= 4 is 55.0 Å². The lowest BCUT2D eigenvalue weighted by molar-refractivity contribution is -0.116. The number of carbonyl (C=O) groups excluding carboxylic acids is 2. The third kappa shape index (κ3) is 4.71. The monoisotopic (exact) mass is 551 g/mol. The highest BCUT2D eigenvalue weighted by atomic mass is 79.9. The van der Waals surface area contributed by atoms with E-state index in [-0.39, 0.29) is 21.8 Å². The van der Waals surface area contributed by atoms with Crippen LogP contribution in [-0.2, 0) is 17.9 Å². The quantitative estimate of drug-likeness (QED) is 0.333. The van der Waals surface area contributed by atoms with Crippen LogP contribution in [0.1, 0.15) is 40.8 Å². The molecule has 0 aromatic carbocycles. The normalized spacial score (nSPS) is 11.5. The largest absolute Gasteiger partial charge is 0.365 e. The first-order valence-electron chi connectivity index (χ1n) is 10.3. The molecule has 4 aromatic heterocycles. The number of nitrogens with one attached hydrogen (secondary N) is 1. The number of thiophene rings is 1. The van der Waals surface area contributed by atoms with Gasteiger partial charge in [-0.05, 0) is 41.4 Å². The lowest BCUT2D eigenvalue weighted by atomic mass is 10.0. The van der Waals surface area contributed by atoms with E-state index in [2.05, 4.69) is 36.4 Å². The number of rotatable bonds is 8. The highest BCUT2D eigenvalue weighted by molar-refractivity contribution is 9.10. The Balaban J connectivity index is 1.82. The number of alkyl halides is 2. The fourth-order valence-electron chi connectivity index (χ4n) is 3.56. The molecule has 0 fully saturated rings. The third-order valence-electron chi connectivity index (χ3n) is 5.12. The highest BCUT2D eigenvalue weighted by Crippen LogP contribution is 2.43. The van der Waals surface area contributed by atoms with Crippen molar-refractivity contribution in [2.75, 3.05) is 5.32 Å². The van der Waals surface area contributed by atoms with E-state index in [4.69, 9.17) is 5.73 Å². The zero-order valence-electron chi connectivity index (χ0n) is 18.2. The number of amides is 2. The first kappa shape index (κ1) is 24.0. The predicted molar refractivity (Wildman–Crippen MR) is 128 cm³/mol. The van der Waals surface area contributed by atoms with Crippen LogP contribution in [0.2, 0.25) is 0 Å². The molecule has 0 aliphatic heterocycles. The minimum Gasteiger partial charge on any atom is -0.365 e. The van der Waals surface area contributed by atoms with Crippen LogP contribution in [0.25, 0.3) is 21.3 Å². The summed E-state index contributed by atoms with van der Waals surface area (Å²) in [5.41, 5.74) is 6.90. The van der Waals surface area contributed by atoms with E-state index in [1.165, 1.54) is 6.07 Å². The number of halogens is 3. The summed E-state index contributed by atoms with van der Waals surface area (Å²) >= 11 is 4.16. The zero-order valence-corrected chi connectivity index (χ0v) is 20.6. The SMILES string of the molecule is CCn1cc(-c2cc(C(F)F)nc3sc(C(N)=O)c(NC(=O)CCn4cc(Br)cn4)c23)c(C)n1. The Morgan fingerprint density at radius 3 is 2.62 bits per heavy atom. The molecule has 0 saturated carbocycles. The molecule has 0 saturated heterocycles. The predicted octanol–water partition coefficient (Wildman–Crippen LogP) is 4.51. The number of aromatic nitrogens is 5. The van der Waals surface area contributed by atoms with Gasteiger partial charge in [0.15, 0.2) is 0 Å². The summed E-state index contributed by atoms with van der Waals surface area (Å²) in [6.45, 7) is 4.55. The topological polar surface area (TPSA) is 121 Å². The number of carbonyl (C=O) groups is 2. The molecular weight excluding hydrogens is 532 g/mol. The van der Waals surface area contributed by atoms with Gasteiger partial charge in [0.05, 0.1) is 22.1 Å². The van der Waals surface area contributed by atoms with Gasteiger partial charge in [-0.15, -0.1) is 11.3 Å². The number of aryl methyl sites for hydroxylation is 3. The van der Waals surface area contributed by atoms with Gasteiger partial charge in [-0.1, -0.05) is 0 Å². The Bertz CT molecular complexity index is 1400. The molecule has 2 amide bonds. The second kappa shape index (κ2) is 9.58. The maximum absolute atomic E-state index is 13.7. The Morgan fingerprint density at radius 2 is 2.03 bits per heavy atom. The number of hydrogen-bond donors (Lipinski definition) is 2. The molecule has 0 aliphatic carbocycles. The van der Waals surface area contributed by atoms with Crippen LogP contribution >= 0.6 is 27.3 Å². The molecule has 0 aliphatic rings. The number of pyridine rings is 1. The van der Waals surface area contributed by atoms with E-state index in [0.717, 1.165) is 15.8 Å². The van der Waals surface area contributed by atoms with Crippen LogP contribution in [-0.4, -0.2) is 36.4 Å². The van der Waals surface area contributed by atoms with Crippen molar-refractivity contribution in [3.05, 3.63) is 45.4 Å².